The fraction of sp³-hybridized carbons (Fsp3) is 0.238. The molecule has 0 bridgehead atoms. The number of aromatic nitrogens is 1. The SMILES string of the molecule is Cc1nc(-c2ccccc2)sc1C(=O)N1CCN(c2ccccc2O)CC1. The van der Waals surface area contributed by atoms with Gasteiger partial charge < -0.3 is 14.9 Å². The first-order valence-electron chi connectivity index (χ1n) is 8.98. The molecule has 138 valence electrons. The van der Waals surface area contributed by atoms with Gasteiger partial charge in [0.15, 0.2) is 0 Å². The number of rotatable bonds is 3. The van der Waals surface area contributed by atoms with Crippen LogP contribution in [0.5, 0.6) is 5.75 Å². The minimum absolute atomic E-state index is 0.0455. The van der Waals surface area contributed by atoms with Crippen LogP contribution in [0.2, 0.25) is 0 Å². The van der Waals surface area contributed by atoms with E-state index in [0.29, 0.717) is 31.1 Å². The molecule has 3 aromatic rings. The Morgan fingerprint density at radius 2 is 1.67 bits per heavy atom. The van der Waals surface area contributed by atoms with Crippen molar-refractivity contribution >= 4 is 22.9 Å². The van der Waals surface area contributed by atoms with Crippen LogP contribution in [0.25, 0.3) is 10.6 Å². The van der Waals surface area contributed by atoms with E-state index in [2.05, 4.69) is 9.88 Å². The molecule has 1 aliphatic heterocycles. The summed E-state index contributed by atoms with van der Waals surface area (Å²) in [4.78, 5) is 22.3. The van der Waals surface area contributed by atoms with Crippen molar-refractivity contribution in [2.45, 2.75) is 6.92 Å². The van der Waals surface area contributed by atoms with Gasteiger partial charge in [0.1, 0.15) is 15.6 Å². The monoisotopic (exact) mass is 379 g/mol. The van der Waals surface area contributed by atoms with E-state index in [1.54, 1.807) is 6.07 Å². The molecule has 0 atom stereocenters. The molecule has 1 N–H and O–H groups in total. The van der Waals surface area contributed by atoms with E-state index in [1.807, 2.05) is 60.4 Å². The van der Waals surface area contributed by atoms with Gasteiger partial charge in [-0.25, -0.2) is 4.98 Å². The van der Waals surface area contributed by atoms with Gasteiger partial charge >= 0.3 is 0 Å². The van der Waals surface area contributed by atoms with E-state index in [9.17, 15) is 9.90 Å². The van der Waals surface area contributed by atoms with E-state index in [-0.39, 0.29) is 11.7 Å². The second kappa shape index (κ2) is 7.40. The van der Waals surface area contributed by atoms with Crippen LogP contribution in [0, 0.1) is 6.92 Å². The highest BCUT2D eigenvalue weighted by molar-refractivity contribution is 7.17. The summed E-state index contributed by atoms with van der Waals surface area (Å²) in [7, 11) is 0. The lowest BCUT2D eigenvalue weighted by molar-refractivity contribution is 0.0750. The third-order valence-corrected chi connectivity index (χ3v) is 6.00. The fourth-order valence-electron chi connectivity index (χ4n) is 3.32. The average molecular weight is 379 g/mol. The number of nitrogens with zero attached hydrogens (tertiary/aromatic N) is 3. The zero-order chi connectivity index (χ0) is 18.8. The number of anilines is 1. The minimum atomic E-state index is 0.0455. The quantitative estimate of drug-likeness (QED) is 0.752. The van der Waals surface area contributed by atoms with Crippen LogP contribution in [0.3, 0.4) is 0 Å². The molecule has 1 fully saturated rings. The molecule has 27 heavy (non-hydrogen) atoms. The van der Waals surface area contributed by atoms with E-state index < -0.39 is 0 Å². The van der Waals surface area contributed by atoms with Crippen LogP contribution in [-0.2, 0) is 0 Å². The molecule has 6 heteroatoms. The second-order valence-corrected chi connectivity index (χ2v) is 7.57. The molecule has 0 aliphatic carbocycles. The topological polar surface area (TPSA) is 56.7 Å². The summed E-state index contributed by atoms with van der Waals surface area (Å²) in [6, 6.07) is 17.3. The summed E-state index contributed by atoms with van der Waals surface area (Å²) in [5.41, 5.74) is 2.64. The van der Waals surface area contributed by atoms with E-state index >= 15 is 0 Å². The Balaban J connectivity index is 1.47. The summed E-state index contributed by atoms with van der Waals surface area (Å²) >= 11 is 1.46. The van der Waals surface area contributed by atoms with Gasteiger partial charge in [-0.3, -0.25) is 4.79 Å². The van der Waals surface area contributed by atoms with Crippen molar-refractivity contribution in [3.8, 4) is 16.3 Å². The first kappa shape index (κ1) is 17.5. The van der Waals surface area contributed by atoms with Gasteiger partial charge in [0.05, 0.1) is 11.4 Å². The Kier molecular flexibility index (Phi) is 4.81. The molecule has 2 aromatic carbocycles. The van der Waals surface area contributed by atoms with E-state index in [0.717, 1.165) is 22.0 Å². The zero-order valence-electron chi connectivity index (χ0n) is 15.1. The largest absolute Gasteiger partial charge is 0.506 e. The molecule has 4 rings (SSSR count). The van der Waals surface area contributed by atoms with Gasteiger partial charge in [0.2, 0.25) is 0 Å². The average Bonchev–Trinajstić information content (AvgIpc) is 3.10. The lowest BCUT2D eigenvalue weighted by Gasteiger charge is -2.36. The number of hydrogen-bond donors (Lipinski definition) is 1. The molecule has 0 spiro atoms. The van der Waals surface area contributed by atoms with Crippen LogP contribution >= 0.6 is 11.3 Å². The van der Waals surface area contributed by atoms with Gasteiger partial charge in [-0.15, -0.1) is 11.3 Å². The lowest BCUT2D eigenvalue weighted by Crippen LogP contribution is -2.48. The summed E-state index contributed by atoms with van der Waals surface area (Å²) in [5, 5.41) is 10.9. The minimum Gasteiger partial charge on any atom is -0.506 e. The highest BCUT2D eigenvalue weighted by Gasteiger charge is 2.26. The molecule has 0 unspecified atom stereocenters. The summed E-state index contributed by atoms with van der Waals surface area (Å²) in [6.45, 7) is 4.56. The van der Waals surface area contributed by atoms with Crippen LogP contribution in [-0.4, -0.2) is 47.1 Å². The summed E-state index contributed by atoms with van der Waals surface area (Å²) in [6.07, 6.45) is 0. The first-order valence-corrected chi connectivity index (χ1v) is 9.80. The Morgan fingerprint density at radius 3 is 2.37 bits per heavy atom. The summed E-state index contributed by atoms with van der Waals surface area (Å²) in [5.74, 6) is 0.326. The number of hydrogen-bond acceptors (Lipinski definition) is 5. The molecule has 1 aliphatic rings. The molecule has 2 heterocycles. The molecule has 5 nitrogen and oxygen atoms in total. The number of phenolic OH excluding ortho intramolecular Hbond substituents is 1. The molecule has 0 saturated carbocycles. The van der Waals surface area contributed by atoms with Gasteiger partial charge in [0.25, 0.3) is 5.91 Å². The number of benzene rings is 2. The molecular weight excluding hydrogens is 358 g/mol. The maximum Gasteiger partial charge on any atom is 0.265 e. The molecule has 1 aromatic heterocycles. The predicted molar refractivity (Wildman–Crippen MR) is 109 cm³/mol. The number of piperazine rings is 1. The van der Waals surface area contributed by atoms with Gasteiger partial charge in [-0.1, -0.05) is 42.5 Å². The molecule has 0 radical (unpaired) electrons. The number of aromatic hydroxyl groups is 1. The predicted octanol–water partition coefficient (Wildman–Crippen LogP) is 3.79. The Bertz CT molecular complexity index is 947. The molecule has 1 amide bonds. The van der Waals surface area contributed by atoms with Crippen LogP contribution < -0.4 is 4.90 Å². The Labute approximate surface area is 162 Å². The number of carbonyl (C=O) groups is 1. The smallest absolute Gasteiger partial charge is 0.265 e. The van der Waals surface area contributed by atoms with E-state index in [4.69, 9.17) is 0 Å². The van der Waals surface area contributed by atoms with Crippen molar-refractivity contribution < 1.29 is 9.90 Å². The van der Waals surface area contributed by atoms with Gasteiger partial charge in [0, 0.05) is 31.7 Å². The number of aryl methyl sites for hydroxylation is 1. The fourth-order valence-corrected chi connectivity index (χ4v) is 4.36. The maximum atomic E-state index is 13.0. The van der Waals surface area contributed by atoms with Crippen molar-refractivity contribution in [3.63, 3.8) is 0 Å². The number of para-hydroxylation sites is 2. The van der Waals surface area contributed by atoms with Crippen molar-refractivity contribution in [1.82, 2.24) is 9.88 Å². The number of carbonyl (C=O) groups excluding carboxylic acids is 1. The third kappa shape index (κ3) is 3.53. The van der Waals surface area contributed by atoms with Crippen molar-refractivity contribution in [1.29, 1.82) is 0 Å². The second-order valence-electron chi connectivity index (χ2n) is 6.57. The highest BCUT2D eigenvalue weighted by Crippen LogP contribution is 2.30. The van der Waals surface area contributed by atoms with Crippen molar-refractivity contribution in [2.24, 2.45) is 0 Å². The highest BCUT2D eigenvalue weighted by atomic mass is 32.1. The standard InChI is InChI=1S/C21H21N3O2S/c1-15-19(27-20(22-15)16-7-3-2-4-8-16)21(26)24-13-11-23(12-14-24)17-9-5-6-10-18(17)25/h2-10,25H,11-14H2,1H3. The molecule has 1 saturated heterocycles. The normalized spacial score (nSPS) is 14.4. The van der Waals surface area contributed by atoms with Gasteiger partial charge in [-0.2, -0.15) is 0 Å². The maximum absolute atomic E-state index is 13.0. The molecular formula is C21H21N3O2S. The summed E-state index contributed by atoms with van der Waals surface area (Å²) < 4.78 is 0. The zero-order valence-corrected chi connectivity index (χ0v) is 15.9. The number of phenols is 1. The van der Waals surface area contributed by atoms with Crippen LogP contribution in [0.15, 0.2) is 54.6 Å². The lowest BCUT2D eigenvalue weighted by atomic mass is 10.2. The van der Waals surface area contributed by atoms with Crippen LogP contribution in [0.4, 0.5) is 5.69 Å². The van der Waals surface area contributed by atoms with Crippen molar-refractivity contribution in [3.05, 3.63) is 65.2 Å². The van der Waals surface area contributed by atoms with Crippen molar-refractivity contribution in [2.75, 3.05) is 31.1 Å². The Morgan fingerprint density at radius 1 is 1.00 bits per heavy atom. The van der Waals surface area contributed by atoms with E-state index in [1.165, 1.54) is 11.3 Å². The van der Waals surface area contributed by atoms with Gasteiger partial charge in [-0.05, 0) is 19.1 Å². The Hall–Kier alpha value is -2.86. The van der Waals surface area contributed by atoms with Crippen LogP contribution in [0.1, 0.15) is 15.4 Å². The number of thiazole rings is 1. The first-order chi connectivity index (χ1) is 13.1. The third-order valence-electron chi connectivity index (χ3n) is 4.80. The number of amides is 1.